The molecule has 0 aliphatic carbocycles. The summed E-state index contributed by atoms with van der Waals surface area (Å²) in [7, 11) is 0. The van der Waals surface area contributed by atoms with Gasteiger partial charge in [-0.15, -0.1) is 0 Å². The molecule has 2 aromatic heterocycles. The third-order valence-corrected chi connectivity index (χ3v) is 3.40. The van der Waals surface area contributed by atoms with E-state index in [0.29, 0.717) is 0 Å². The molecular formula is C15H13BrN4. The number of aromatic nitrogens is 3. The Morgan fingerprint density at radius 1 is 1.05 bits per heavy atom. The Bertz CT molecular complexity index is 677. The van der Waals surface area contributed by atoms with Gasteiger partial charge in [0.2, 0.25) is 0 Å². The van der Waals surface area contributed by atoms with Crippen LogP contribution in [0.1, 0.15) is 5.56 Å². The number of nitrogens with one attached hydrogen (secondary N) is 2. The van der Waals surface area contributed by atoms with Crippen LogP contribution in [-0.4, -0.2) is 15.2 Å². The van der Waals surface area contributed by atoms with Gasteiger partial charge in [0.05, 0.1) is 5.69 Å². The second-order valence-electron chi connectivity index (χ2n) is 4.37. The number of anilines is 1. The summed E-state index contributed by atoms with van der Waals surface area (Å²) in [6.07, 6.45) is 1.75. The van der Waals surface area contributed by atoms with Gasteiger partial charge in [-0.05, 0) is 45.3 Å². The molecule has 2 heterocycles. The predicted molar refractivity (Wildman–Crippen MR) is 83.3 cm³/mol. The van der Waals surface area contributed by atoms with E-state index < -0.39 is 0 Å². The van der Waals surface area contributed by atoms with Crippen molar-refractivity contribution in [3.05, 3.63) is 64.9 Å². The van der Waals surface area contributed by atoms with E-state index in [1.807, 2.05) is 24.3 Å². The highest BCUT2D eigenvalue weighted by atomic mass is 79.9. The van der Waals surface area contributed by atoms with Crippen LogP contribution in [0.2, 0.25) is 0 Å². The van der Waals surface area contributed by atoms with Gasteiger partial charge in [-0.2, -0.15) is 5.10 Å². The smallest absolute Gasteiger partial charge is 0.127 e. The maximum Gasteiger partial charge on any atom is 0.127 e. The number of nitrogens with zero attached hydrogens (tertiary/aromatic N) is 2. The Hall–Kier alpha value is -2.14. The van der Waals surface area contributed by atoms with Gasteiger partial charge in [-0.1, -0.05) is 30.3 Å². The second-order valence-corrected chi connectivity index (χ2v) is 5.18. The Balaban J connectivity index is 1.67. The molecule has 0 atom stereocenters. The summed E-state index contributed by atoms with van der Waals surface area (Å²) in [6, 6.07) is 16.1. The number of hydrogen-bond acceptors (Lipinski definition) is 3. The van der Waals surface area contributed by atoms with Crippen LogP contribution in [0.3, 0.4) is 0 Å². The molecule has 0 radical (unpaired) electrons. The van der Waals surface area contributed by atoms with E-state index >= 15 is 0 Å². The molecule has 0 aliphatic heterocycles. The SMILES string of the molecule is Brc1cccc(NCc2ccc(-c3ccn[nH]3)cc2)n1. The summed E-state index contributed by atoms with van der Waals surface area (Å²) in [4.78, 5) is 4.34. The van der Waals surface area contributed by atoms with E-state index in [1.54, 1.807) is 6.20 Å². The number of rotatable bonds is 4. The lowest BCUT2D eigenvalue weighted by Gasteiger charge is -2.06. The first-order valence-corrected chi connectivity index (χ1v) is 7.06. The predicted octanol–water partition coefficient (Wildman–Crippen LogP) is 3.85. The maximum atomic E-state index is 4.34. The van der Waals surface area contributed by atoms with Crippen LogP contribution < -0.4 is 5.32 Å². The normalized spacial score (nSPS) is 10.4. The van der Waals surface area contributed by atoms with Crippen LogP contribution in [-0.2, 0) is 6.54 Å². The largest absolute Gasteiger partial charge is 0.366 e. The molecule has 4 nitrogen and oxygen atoms in total. The number of halogens is 1. The molecule has 0 fully saturated rings. The molecule has 0 aliphatic rings. The minimum Gasteiger partial charge on any atom is -0.366 e. The molecule has 5 heteroatoms. The summed E-state index contributed by atoms with van der Waals surface area (Å²) in [5.74, 6) is 0.858. The third kappa shape index (κ3) is 3.05. The molecule has 20 heavy (non-hydrogen) atoms. The van der Waals surface area contributed by atoms with Crippen LogP contribution in [0.4, 0.5) is 5.82 Å². The monoisotopic (exact) mass is 328 g/mol. The fraction of sp³-hybridized carbons (Fsp3) is 0.0667. The van der Waals surface area contributed by atoms with Gasteiger partial charge in [0.15, 0.2) is 0 Å². The molecule has 0 bridgehead atoms. The van der Waals surface area contributed by atoms with E-state index in [1.165, 1.54) is 5.56 Å². The maximum absolute atomic E-state index is 4.34. The van der Waals surface area contributed by atoms with Crippen LogP contribution in [0, 0.1) is 0 Å². The first-order valence-electron chi connectivity index (χ1n) is 6.26. The van der Waals surface area contributed by atoms with Gasteiger partial charge in [0, 0.05) is 12.7 Å². The molecule has 0 saturated heterocycles. The van der Waals surface area contributed by atoms with E-state index in [4.69, 9.17) is 0 Å². The molecule has 3 aromatic rings. The number of hydrogen-bond donors (Lipinski definition) is 2. The molecule has 0 unspecified atom stereocenters. The number of aromatic amines is 1. The van der Waals surface area contributed by atoms with E-state index in [2.05, 4.69) is 60.7 Å². The Morgan fingerprint density at radius 3 is 2.60 bits per heavy atom. The summed E-state index contributed by atoms with van der Waals surface area (Å²) in [5.41, 5.74) is 3.36. The van der Waals surface area contributed by atoms with Gasteiger partial charge >= 0.3 is 0 Å². The van der Waals surface area contributed by atoms with Crippen molar-refractivity contribution < 1.29 is 0 Å². The van der Waals surface area contributed by atoms with Crippen LogP contribution >= 0.6 is 15.9 Å². The summed E-state index contributed by atoms with van der Waals surface area (Å²) in [5, 5.41) is 10.2. The minimum absolute atomic E-state index is 0.743. The number of benzene rings is 1. The zero-order valence-electron chi connectivity index (χ0n) is 10.7. The van der Waals surface area contributed by atoms with E-state index in [9.17, 15) is 0 Å². The molecule has 0 spiro atoms. The van der Waals surface area contributed by atoms with Crippen molar-refractivity contribution in [3.8, 4) is 11.3 Å². The van der Waals surface area contributed by atoms with Gasteiger partial charge < -0.3 is 5.32 Å². The van der Waals surface area contributed by atoms with Gasteiger partial charge in [-0.25, -0.2) is 4.98 Å². The molecule has 3 rings (SSSR count). The lowest BCUT2D eigenvalue weighted by Crippen LogP contribution is -2.01. The average molecular weight is 329 g/mol. The fourth-order valence-electron chi connectivity index (χ4n) is 1.92. The van der Waals surface area contributed by atoms with Crippen molar-refractivity contribution in [2.45, 2.75) is 6.54 Å². The highest BCUT2D eigenvalue weighted by Crippen LogP contribution is 2.17. The first kappa shape index (κ1) is 12.9. The Morgan fingerprint density at radius 2 is 1.90 bits per heavy atom. The van der Waals surface area contributed by atoms with Crippen molar-refractivity contribution in [3.63, 3.8) is 0 Å². The standard InChI is InChI=1S/C15H13BrN4/c16-14-2-1-3-15(19-14)17-10-11-4-6-12(7-5-11)13-8-9-18-20-13/h1-9H,10H2,(H,17,19)(H,18,20). The van der Waals surface area contributed by atoms with Gasteiger partial charge in [0.25, 0.3) is 0 Å². The molecule has 100 valence electrons. The van der Waals surface area contributed by atoms with Crippen LogP contribution in [0.25, 0.3) is 11.3 Å². The Kier molecular flexibility index (Phi) is 3.78. The summed E-state index contributed by atoms with van der Waals surface area (Å²) in [6.45, 7) is 0.743. The third-order valence-electron chi connectivity index (χ3n) is 2.95. The molecule has 0 amide bonds. The van der Waals surface area contributed by atoms with Crippen molar-refractivity contribution in [1.29, 1.82) is 0 Å². The second kappa shape index (κ2) is 5.88. The van der Waals surface area contributed by atoms with Gasteiger partial charge in [-0.3, -0.25) is 5.10 Å². The highest BCUT2D eigenvalue weighted by Gasteiger charge is 2.00. The topological polar surface area (TPSA) is 53.6 Å². The number of pyridine rings is 1. The van der Waals surface area contributed by atoms with Crippen molar-refractivity contribution in [1.82, 2.24) is 15.2 Å². The molecular weight excluding hydrogens is 316 g/mol. The van der Waals surface area contributed by atoms with E-state index in [0.717, 1.165) is 28.2 Å². The van der Waals surface area contributed by atoms with Gasteiger partial charge in [0.1, 0.15) is 10.4 Å². The quantitative estimate of drug-likeness (QED) is 0.715. The van der Waals surface area contributed by atoms with Crippen LogP contribution in [0.15, 0.2) is 59.3 Å². The van der Waals surface area contributed by atoms with Crippen molar-refractivity contribution >= 4 is 21.7 Å². The molecule has 2 N–H and O–H groups in total. The van der Waals surface area contributed by atoms with Crippen LogP contribution in [0.5, 0.6) is 0 Å². The average Bonchev–Trinajstić information content (AvgIpc) is 3.00. The lowest BCUT2D eigenvalue weighted by atomic mass is 10.1. The fourth-order valence-corrected chi connectivity index (χ4v) is 2.26. The highest BCUT2D eigenvalue weighted by molar-refractivity contribution is 9.10. The lowest BCUT2D eigenvalue weighted by molar-refractivity contribution is 1.09. The van der Waals surface area contributed by atoms with Crippen molar-refractivity contribution in [2.75, 3.05) is 5.32 Å². The number of H-pyrrole nitrogens is 1. The minimum atomic E-state index is 0.743. The Labute approximate surface area is 125 Å². The summed E-state index contributed by atoms with van der Waals surface area (Å²) < 4.78 is 0.831. The zero-order chi connectivity index (χ0) is 13.8. The van der Waals surface area contributed by atoms with Crippen molar-refractivity contribution in [2.24, 2.45) is 0 Å². The molecule has 1 aromatic carbocycles. The zero-order valence-corrected chi connectivity index (χ0v) is 12.3. The van der Waals surface area contributed by atoms with E-state index in [-0.39, 0.29) is 0 Å². The first-order chi connectivity index (χ1) is 9.81. The summed E-state index contributed by atoms with van der Waals surface area (Å²) >= 11 is 3.36. The molecule has 0 saturated carbocycles.